The number of H-pyrrole nitrogens is 1. The van der Waals surface area contributed by atoms with Crippen molar-refractivity contribution >= 4 is 23.3 Å². The van der Waals surface area contributed by atoms with Gasteiger partial charge in [0.05, 0.1) is 5.69 Å². The first kappa shape index (κ1) is 16.7. The summed E-state index contributed by atoms with van der Waals surface area (Å²) in [6, 6.07) is 5.57. The Morgan fingerprint density at radius 1 is 1.26 bits per heavy atom. The minimum absolute atomic E-state index is 0.0582. The second-order valence-electron chi connectivity index (χ2n) is 5.73. The van der Waals surface area contributed by atoms with Crippen LogP contribution >= 0.6 is 0 Å². The van der Waals surface area contributed by atoms with Gasteiger partial charge >= 0.3 is 0 Å². The summed E-state index contributed by atoms with van der Waals surface area (Å²) >= 11 is 0. The molecule has 122 valence electrons. The highest BCUT2D eigenvalue weighted by Gasteiger charge is 2.13. The third-order valence-corrected chi connectivity index (χ3v) is 3.05. The van der Waals surface area contributed by atoms with Crippen LogP contribution in [0.25, 0.3) is 0 Å². The van der Waals surface area contributed by atoms with Gasteiger partial charge in [-0.3, -0.25) is 14.7 Å². The average molecular weight is 318 g/mol. The van der Waals surface area contributed by atoms with E-state index in [1.54, 1.807) is 13.0 Å². The van der Waals surface area contributed by atoms with Gasteiger partial charge in [-0.1, -0.05) is 13.8 Å². The molecule has 0 spiro atoms. The molecule has 2 amide bonds. The zero-order valence-corrected chi connectivity index (χ0v) is 13.2. The van der Waals surface area contributed by atoms with Crippen LogP contribution in [0.1, 0.15) is 36.3 Å². The molecule has 1 aromatic heterocycles. The number of carbonyl (C=O) groups is 2. The van der Waals surface area contributed by atoms with Crippen LogP contribution < -0.4 is 10.6 Å². The maximum atomic E-state index is 14.0. The van der Waals surface area contributed by atoms with Crippen molar-refractivity contribution in [2.75, 3.05) is 10.6 Å². The van der Waals surface area contributed by atoms with Crippen molar-refractivity contribution in [3.05, 3.63) is 41.3 Å². The average Bonchev–Trinajstić information content (AvgIpc) is 2.85. The molecule has 0 saturated carbocycles. The lowest BCUT2D eigenvalue weighted by molar-refractivity contribution is -0.116. The van der Waals surface area contributed by atoms with E-state index in [-0.39, 0.29) is 23.1 Å². The van der Waals surface area contributed by atoms with Crippen LogP contribution in [-0.2, 0) is 4.79 Å². The van der Waals surface area contributed by atoms with E-state index < -0.39 is 11.7 Å². The van der Waals surface area contributed by atoms with Crippen molar-refractivity contribution in [2.24, 2.45) is 5.92 Å². The van der Waals surface area contributed by atoms with E-state index in [2.05, 4.69) is 20.8 Å². The van der Waals surface area contributed by atoms with Crippen LogP contribution in [0.2, 0.25) is 0 Å². The number of amides is 2. The summed E-state index contributed by atoms with van der Waals surface area (Å²) < 4.78 is 14.0. The SMILES string of the molecule is Cc1cc(NC(=O)c2ccc(NC(=O)CC(C)C)c(F)c2)n[nH]1. The van der Waals surface area contributed by atoms with Gasteiger partial charge in [-0.2, -0.15) is 5.10 Å². The number of aromatic amines is 1. The van der Waals surface area contributed by atoms with Crippen LogP contribution in [0.3, 0.4) is 0 Å². The van der Waals surface area contributed by atoms with Gasteiger partial charge in [0, 0.05) is 23.7 Å². The van der Waals surface area contributed by atoms with Gasteiger partial charge in [0.2, 0.25) is 5.91 Å². The van der Waals surface area contributed by atoms with Gasteiger partial charge in [0.15, 0.2) is 5.82 Å². The number of nitrogens with zero attached hydrogens (tertiary/aromatic N) is 1. The first-order valence-corrected chi connectivity index (χ1v) is 7.28. The topological polar surface area (TPSA) is 86.9 Å². The van der Waals surface area contributed by atoms with Crippen molar-refractivity contribution in [3.63, 3.8) is 0 Å². The molecular weight excluding hydrogens is 299 g/mol. The Labute approximate surface area is 133 Å². The van der Waals surface area contributed by atoms with Crippen molar-refractivity contribution in [2.45, 2.75) is 27.2 Å². The molecule has 7 heteroatoms. The zero-order valence-electron chi connectivity index (χ0n) is 13.2. The van der Waals surface area contributed by atoms with E-state index in [9.17, 15) is 14.0 Å². The highest BCUT2D eigenvalue weighted by atomic mass is 19.1. The molecule has 0 aliphatic heterocycles. The first-order valence-electron chi connectivity index (χ1n) is 7.28. The lowest BCUT2D eigenvalue weighted by Crippen LogP contribution is -2.16. The minimum atomic E-state index is -0.659. The van der Waals surface area contributed by atoms with Crippen LogP contribution in [-0.4, -0.2) is 22.0 Å². The second-order valence-corrected chi connectivity index (χ2v) is 5.73. The number of hydrogen-bond donors (Lipinski definition) is 3. The van der Waals surface area contributed by atoms with Crippen LogP contribution in [0, 0.1) is 18.7 Å². The molecule has 0 fully saturated rings. The van der Waals surface area contributed by atoms with E-state index in [1.165, 1.54) is 12.1 Å². The normalized spacial score (nSPS) is 10.7. The Bertz CT molecular complexity index is 725. The third kappa shape index (κ3) is 4.64. The predicted molar refractivity (Wildman–Crippen MR) is 85.8 cm³/mol. The molecule has 1 heterocycles. The predicted octanol–water partition coefficient (Wildman–Crippen LogP) is 3.09. The van der Waals surface area contributed by atoms with Gasteiger partial charge < -0.3 is 10.6 Å². The van der Waals surface area contributed by atoms with E-state index >= 15 is 0 Å². The monoisotopic (exact) mass is 318 g/mol. The highest BCUT2D eigenvalue weighted by molar-refractivity contribution is 6.04. The largest absolute Gasteiger partial charge is 0.324 e. The maximum Gasteiger partial charge on any atom is 0.256 e. The third-order valence-electron chi connectivity index (χ3n) is 3.05. The molecule has 0 atom stereocenters. The van der Waals surface area contributed by atoms with Crippen LogP contribution in [0.5, 0.6) is 0 Å². The Hall–Kier alpha value is -2.70. The Kier molecular flexibility index (Phi) is 5.10. The summed E-state index contributed by atoms with van der Waals surface area (Å²) in [5.41, 5.74) is 1.00. The van der Waals surface area contributed by atoms with E-state index in [1.807, 2.05) is 13.8 Å². The Balaban J connectivity index is 2.06. The van der Waals surface area contributed by atoms with Gasteiger partial charge in [0.1, 0.15) is 5.82 Å². The molecule has 0 aliphatic carbocycles. The molecule has 3 N–H and O–H groups in total. The zero-order chi connectivity index (χ0) is 17.0. The lowest BCUT2D eigenvalue weighted by atomic mass is 10.1. The van der Waals surface area contributed by atoms with Crippen molar-refractivity contribution in [3.8, 4) is 0 Å². The van der Waals surface area contributed by atoms with Gasteiger partial charge in [-0.15, -0.1) is 0 Å². The number of carbonyl (C=O) groups excluding carboxylic acids is 2. The molecular formula is C16H19FN4O2. The maximum absolute atomic E-state index is 14.0. The number of anilines is 2. The molecule has 6 nitrogen and oxygen atoms in total. The Morgan fingerprint density at radius 3 is 2.57 bits per heavy atom. The summed E-state index contributed by atoms with van der Waals surface area (Å²) in [4.78, 5) is 23.7. The number of rotatable bonds is 5. The Morgan fingerprint density at radius 2 is 2.00 bits per heavy atom. The molecule has 0 saturated heterocycles. The molecule has 0 radical (unpaired) electrons. The standard InChI is InChI=1S/C16H19FN4O2/c1-9(2)6-15(22)18-13-5-4-11(8-12(13)17)16(23)19-14-7-10(3)20-21-14/h4-5,7-9H,6H2,1-3H3,(H,18,22)(H2,19,20,21,23). The molecule has 0 aliphatic rings. The van der Waals surface area contributed by atoms with Crippen LogP contribution in [0.15, 0.2) is 24.3 Å². The number of benzene rings is 1. The fourth-order valence-electron chi connectivity index (χ4n) is 2.00. The summed E-state index contributed by atoms with van der Waals surface area (Å²) in [6.07, 6.45) is 0.306. The van der Waals surface area contributed by atoms with Crippen molar-refractivity contribution in [1.29, 1.82) is 0 Å². The summed E-state index contributed by atoms with van der Waals surface area (Å²) in [5, 5.41) is 11.6. The number of hydrogen-bond acceptors (Lipinski definition) is 3. The fraction of sp³-hybridized carbons (Fsp3) is 0.312. The minimum Gasteiger partial charge on any atom is -0.324 e. The number of halogens is 1. The van der Waals surface area contributed by atoms with E-state index in [4.69, 9.17) is 0 Å². The van der Waals surface area contributed by atoms with Gasteiger partial charge in [0.25, 0.3) is 5.91 Å². The summed E-state index contributed by atoms with van der Waals surface area (Å²) in [5.74, 6) is -0.853. The summed E-state index contributed by atoms with van der Waals surface area (Å²) in [6.45, 7) is 5.61. The number of nitrogens with one attached hydrogen (secondary N) is 3. The molecule has 23 heavy (non-hydrogen) atoms. The molecule has 2 aromatic rings. The van der Waals surface area contributed by atoms with Gasteiger partial charge in [-0.05, 0) is 31.0 Å². The summed E-state index contributed by atoms with van der Waals surface area (Å²) in [7, 11) is 0. The van der Waals surface area contributed by atoms with E-state index in [0.717, 1.165) is 11.8 Å². The smallest absolute Gasteiger partial charge is 0.256 e. The van der Waals surface area contributed by atoms with Gasteiger partial charge in [-0.25, -0.2) is 4.39 Å². The fourth-order valence-corrected chi connectivity index (χ4v) is 2.00. The molecule has 2 rings (SSSR count). The number of aromatic nitrogens is 2. The van der Waals surface area contributed by atoms with Crippen molar-refractivity contribution < 1.29 is 14.0 Å². The second kappa shape index (κ2) is 7.04. The number of aryl methyl sites for hydroxylation is 1. The quantitative estimate of drug-likeness (QED) is 0.791. The van der Waals surface area contributed by atoms with E-state index in [0.29, 0.717) is 12.2 Å². The lowest BCUT2D eigenvalue weighted by Gasteiger charge is -2.09. The first-order chi connectivity index (χ1) is 10.8. The molecule has 1 aromatic carbocycles. The van der Waals surface area contributed by atoms with Crippen LogP contribution in [0.4, 0.5) is 15.9 Å². The van der Waals surface area contributed by atoms with Crippen molar-refractivity contribution in [1.82, 2.24) is 10.2 Å². The molecule has 0 unspecified atom stereocenters. The highest BCUT2D eigenvalue weighted by Crippen LogP contribution is 2.18. The molecule has 0 bridgehead atoms.